The van der Waals surface area contributed by atoms with Crippen LogP contribution in [0.25, 0.3) is 16.3 Å². The van der Waals surface area contributed by atoms with Gasteiger partial charge in [0.2, 0.25) is 0 Å². The van der Waals surface area contributed by atoms with Crippen LogP contribution >= 0.6 is 11.3 Å². The third kappa shape index (κ3) is 4.58. The van der Waals surface area contributed by atoms with Crippen LogP contribution in [0.3, 0.4) is 0 Å². The van der Waals surface area contributed by atoms with Gasteiger partial charge in [0.25, 0.3) is 5.91 Å². The van der Waals surface area contributed by atoms with Crippen molar-refractivity contribution in [3.05, 3.63) is 82.6 Å². The van der Waals surface area contributed by atoms with Crippen molar-refractivity contribution in [1.82, 2.24) is 29.8 Å². The molecule has 0 bridgehead atoms. The number of benzene rings is 2. The van der Waals surface area contributed by atoms with E-state index in [-0.39, 0.29) is 5.91 Å². The predicted molar refractivity (Wildman–Crippen MR) is 130 cm³/mol. The highest BCUT2D eigenvalue weighted by Gasteiger charge is 2.26. The van der Waals surface area contributed by atoms with Gasteiger partial charge in [-0.15, -0.1) is 16.4 Å². The molecule has 33 heavy (non-hydrogen) atoms. The molecular weight excluding hydrogens is 432 g/mol. The fourth-order valence-electron chi connectivity index (χ4n) is 4.04. The van der Waals surface area contributed by atoms with Crippen molar-refractivity contribution in [2.45, 2.75) is 20.4 Å². The summed E-state index contributed by atoms with van der Waals surface area (Å²) < 4.78 is 1.73. The zero-order valence-electron chi connectivity index (χ0n) is 18.8. The molecule has 0 aliphatic carbocycles. The van der Waals surface area contributed by atoms with E-state index in [2.05, 4.69) is 32.7 Å². The first kappa shape index (κ1) is 21.5. The minimum absolute atomic E-state index is 0.0504. The van der Waals surface area contributed by atoms with E-state index in [1.165, 1.54) is 5.56 Å². The number of aromatic nitrogens is 4. The minimum atomic E-state index is -0.0504. The number of hydrogen-bond donors (Lipinski definition) is 0. The van der Waals surface area contributed by atoms with Crippen LogP contribution in [-0.4, -0.2) is 61.9 Å². The average molecular weight is 459 g/mol. The smallest absolute Gasteiger partial charge is 0.276 e. The van der Waals surface area contributed by atoms with Gasteiger partial charge in [-0.2, -0.15) is 0 Å². The zero-order chi connectivity index (χ0) is 22.8. The molecule has 0 atom stereocenters. The second-order valence-electron chi connectivity index (χ2n) is 8.35. The second-order valence-corrected chi connectivity index (χ2v) is 9.21. The van der Waals surface area contributed by atoms with Crippen LogP contribution in [0, 0.1) is 13.8 Å². The van der Waals surface area contributed by atoms with Gasteiger partial charge in [-0.3, -0.25) is 9.69 Å². The average Bonchev–Trinajstić information content (AvgIpc) is 3.47. The molecule has 5 rings (SSSR count). The third-order valence-corrected chi connectivity index (χ3v) is 6.93. The van der Waals surface area contributed by atoms with Crippen molar-refractivity contribution < 1.29 is 4.79 Å². The van der Waals surface area contributed by atoms with Crippen LogP contribution in [0.4, 0.5) is 0 Å². The van der Waals surface area contributed by atoms with Crippen molar-refractivity contribution in [3.8, 4) is 16.3 Å². The summed E-state index contributed by atoms with van der Waals surface area (Å²) in [6.07, 6.45) is 0. The number of carbonyl (C=O) groups is 1. The zero-order valence-corrected chi connectivity index (χ0v) is 19.6. The van der Waals surface area contributed by atoms with Gasteiger partial charge in [0.15, 0.2) is 5.69 Å². The number of nitrogens with zero attached hydrogens (tertiary/aromatic N) is 6. The number of piperazine rings is 1. The van der Waals surface area contributed by atoms with Crippen LogP contribution in [0.5, 0.6) is 0 Å². The molecule has 1 aliphatic rings. The van der Waals surface area contributed by atoms with Crippen molar-refractivity contribution in [3.63, 3.8) is 0 Å². The molecule has 0 N–H and O–H groups in total. The van der Waals surface area contributed by atoms with Crippen LogP contribution in [-0.2, 0) is 6.54 Å². The molecule has 2 aromatic carbocycles. The van der Waals surface area contributed by atoms with Crippen LogP contribution in [0.15, 0.2) is 60.0 Å². The van der Waals surface area contributed by atoms with Crippen LogP contribution < -0.4 is 0 Å². The van der Waals surface area contributed by atoms with E-state index >= 15 is 0 Å². The van der Waals surface area contributed by atoms with Crippen molar-refractivity contribution in [1.29, 1.82) is 0 Å². The highest BCUT2D eigenvalue weighted by molar-refractivity contribution is 7.13. The monoisotopic (exact) mass is 458 g/mol. The first-order valence-electron chi connectivity index (χ1n) is 11.1. The molecule has 3 heterocycles. The van der Waals surface area contributed by atoms with Gasteiger partial charge in [0, 0.05) is 43.7 Å². The summed E-state index contributed by atoms with van der Waals surface area (Å²) in [5.41, 5.74) is 5.51. The Morgan fingerprint density at radius 1 is 0.970 bits per heavy atom. The Bertz CT molecular complexity index is 1240. The van der Waals surface area contributed by atoms with Gasteiger partial charge in [-0.25, -0.2) is 9.67 Å². The number of aryl methyl sites for hydroxylation is 1. The first-order valence-corrected chi connectivity index (χ1v) is 12.0. The van der Waals surface area contributed by atoms with Crippen molar-refractivity contribution in [2.24, 2.45) is 0 Å². The molecule has 1 aliphatic heterocycles. The summed E-state index contributed by atoms with van der Waals surface area (Å²) in [6.45, 7) is 7.72. The summed E-state index contributed by atoms with van der Waals surface area (Å²) >= 11 is 1.68. The van der Waals surface area contributed by atoms with E-state index in [1.54, 1.807) is 16.0 Å². The summed E-state index contributed by atoms with van der Waals surface area (Å²) in [7, 11) is 0. The fourth-order valence-corrected chi connectivity index (χ4v) is 4.86. The van der Waals surface area contributed by atoms with Crippen molar-refractivity contribution in [2.75, 3.05) is 26.2 Å². The molecule has 4 aromatic rings. The van der Waals surface area contributed by atoms with E-state index in [9.17, 15) is 4.79 Å². The number of hydrogen-bond acceptors (Lipinski definition) is 6. The quantitative estimate of drug-likeness (QED) is 0.453. The Labute approximate surface area is 197 Å². The van der Waals surface area contributed by atoms with E-state index in [1.807, 2.05) is 61.2 Å². The number of amides is 1. The molecule has 168 valence electrons. The molecule has 0 spiro atoms. The Morgan fingerprint density at radius 3 is 2.42 bits per heavy atom. The fraction of sp³-hybridized carbons (Fsp3) is 0.280. The van der Waals surface area contributed by atoms with Gasteiger partial charge in [-0.1, -0.05) is 53.2 Å². The standard InChI is InChI=1S/C25H26N6OS/c1-18-8-10-22(11-9-18)31-19(2)23(27-28-31)25(32)30-14-12-29(13-15-30)16-21-17-33-24(26-21)20-6-4-3-5-7-20/h3-11,17H,12-16H2,1-2H3. The molecular formula is C25H26N6OS. The maximum atomic E-state index is 13.1. The third-order valence-electron chi connectivity index (χ3n) is 5.99. The SMILES string of the molecule is Cc1ccc(-n2nnc(C(=O)N3CCN(Cc4csc(-c5ccccc5)n4)CC3)c2C)cc1. The summed E-state index contributed by atoms with van der Waals surface area (Å²) in [5.74, 6) is -0.0504. The van der Waals surface area contributed by atoms with Crippen LogP contribution in [0.1, 0.15) is 27.4 Å². The van der Waals surface area contributed by atoms with Gasteiger partial charge < -0.3 is 4.90 Å². The normalized spacial score (nSPS) is 14.5. The number of rotatable bonds is 5. The Kier molecular flexibility index (Phi) is 6.02. The number of carbonyl (C=O) groups excluding carboxylic acids is 1. The Balaban J connectivity index is 1.20. The molecule has 7 nitrogen and oxygen atoms in total. The molecule has 0 radical (unpaired) electrons. The molecule has 0 saturated carbocycles. The van der Waals surface area contributed by atoms with E-state index < -0.39 is 0 Å². The van der Waals surface area contributed by atoms with Gasteiger partial charge in [0.05, 0.1) is 17.1 Å². The molecule has 1 fully saturated rings. The lowest BCUT2D eigenvalue weighted by atomic mass is 10.2. The molecule has 0 unspecified atom stereocenters. The van der Waals surface area contributed by atoms with Gasteiger partial charge in [-0.05, 0) is 26.0 Å². The van der Waals surface area contributed by atoms with E-state index in [0.29, 0.717) is 18.8 Å². The topological polar surface area (TPSA) is 67.2 Å². The van der Waals surface area contributed by atoms with E-state index in [4.69, 9.17) is 4.98 Å². The lowest BCUT2D eigenvalue weighted by Crippen LogP contribution is -2.48. The summed E-state index contributed by atoms with van der Waals surface area (Å²) in [6, 6.07) is 18.3. The second kappa shape index (κ2) is 9.25. The van der Waals surface area contributed by atoms with Gasteiger partial charge >= 0.3 is 0 Å². The maximum Gasteiger partial charge on any atom is 0.276 e. The lowest BCUT2D eigenvalue weighted by molar-refractivity contribution is 0.0620. The van der Waals surface area contributed by atoms with Crippen molar-refractivity contribution >= 4 is 17.2 Å². The van der Waals surface area contributed by atoms with E-state index in [0.717, 1.165) is 47.3 Å². The minimum Gasteiger partial charge on any atom is -0.335 e. The summed E-state index contributed by atoms with van der Waals surface area (Å²) in [5, 5.41) is 11.6. The molecule has 1 saturated heterocycles. The van der Waals surface area contributed by atoms with Crippen LogP contribution in [0.2, 0.25) is 0 Å². The molecule has 2 aromatic heterocycles. The van der Waals surface area contributed by atoms with Gasteiger partial charge in [0.1, 0.15) is 5.01 Å². The number of thiazole rings is 1. The Hall–Kier alpha value is -3.36. The highest BCUT2D eigenvalue weighted by atomic mass is 32.1. The predicted octanol–water partition coefficient (Wildman–Crippen LogP) is 3.97. The Morgan fingerprint density at radius 2 is 1.70 bits per heavy atom. The largest absolute Gasteiger partial charge is 0.335 e. The molecule has 8 heteroatoms. The highest BCUT2D eigenvalue weighted by Crippen LogP contribution is 2.24. The summed E-state index contributed by atoms with van der Waals surface area (Å²) in [4.78, 5) is 22.2. The maximum absolute atomic E-state index is 13.1. The first-order chi connectivity index (χ1) is 16.1. The molecule has 1 amide bonds. The lowest BCUT2D eigenvalue weighted by Gasteiger charge is -2.34.